The summed E-state index contributed by atoms with van der Waals surface area (Å²) in [6, 6.07) is 24.8. The van der Waals surface area contributed by atoms with Gasteiger partial charge < -0.3 is 24.3 Å². The molecule has 0 fully saturated rings. The van der Waals surface area contributed by atoms with Crippen LogP contribution in [0, 0.1) is 0 Å². The van der Waals surface area contributed by atoms with Crippen molar-refractivity contribution in [2.24, 2.45) is 0 Å². The normalized spacial score (nSPS) is 16.3. The van der Waals surface area contributed by atoms with E-state index in [0.717, 1.165) is 22.5 Å². The van der Waals surface area contributed by atoms with E-state index in [4.69, 9.17) is 21.1 Å². The van der Waals surface area contributed by atoms with Gasteiger partial charge in [0.1, 0.15) is 13.2 Å². The van der Waals surface area contributed by atoms with E-state index in [9.17, 15) is 4.79 Å². The predicted octanol–water partition coefficient (Wildman–Crippen LogP) is 6.04. The van der Waals surface area contributed by atoms with Crippen LogP contribution >= 0.6 is 11.6 Å². The molecule has 1 atom stereocenters. The molecule has 0 saturated carbocycles. The van der Waals surface area contributed by atoms with Gasteiger partial charge in [-0.2, -0.15) is 0 Å². The van der Waals surface area contributed by atoms with Crippen molar-refractivity contribution in [3.05, 3.63) is 107 Å². The summed E-state index contributed by atoms with van der Waals surface area (Å²) >= 11 is 6.37. The van der Waals surface area contributed by atoms with E-state index in [1.54, 1.807) is 6.07 Å². The maximum Gasteiger partial charge on any atom is 0.322 e. The molecule has 0 saturated heterocycles. The molecule has 1 N–H and O–H groups in total. The molecular weight excluding hydrogens is 450 g/mol. The third-order valence-corrected chi connectivity index (χ3v) is 6.42. The number of ether oxygens (including phenoxy) is 2. The van der Waals surface area contributed by atoms with Crippen LogP contribution in [0.1, 0.15) is 22.9 Å². The molecule has 0 unspecified atom stereocenters. The number of rotatable bonds is 2. The van der Waals surface area contributed by atoms with Crippen molar-refractivity contribution < 1.29 is 14.3 Å². The summed E-state index contributed by atoms with van der Waals surface area (Å²) in [6.45, 7) is 1.44. The SMILES string of the molecule is O=C(Nc1ccc2c(c1)OCCO2)N1Cc2ccccc2-n2cccc2[C@H]1c1cccc(Cl)c1. The molecule has 2 amide bonds. The van der Waals surface area contributed by atoms with E-state index < -0.39 is 0 Å². The van der Waals surface area contributed by atoms with Crippen molar-refractivity contribution in [2.75, 3.05) is 18.5 Å². The van der Waals surface area contributed by atoms with Crippen molar-refractivity contribution in [2.45, 2.75) is 12.6 Å². The van der Waals surface area contributed by atoms with Gasteiger partial charge in [-0.05, 0) is 53.6 Å². The highest BCUT2D eigenvalue weighted by Crippen LogP contribution is 2.38. The second-order valence-corrected chi connectivity index (χ2v) is 8.74. The number of urea groups is 1. The Labute approximate surface area is 202 Å². The zero-order valence-electron chi connectivity index (χ0n) is 18.3. The highest BCUT2D eigenvalue weighted by atomic mass is 35.5. The van der Waals surface area contributed by atoms with E-state index in [2.05, 4.69) is 28.1 Å². The summed E-state index contributed by atoms with van der Waals surface area (Å²) < 4.78 is 13.4. The van der Waals surface area contributed by atoms with Gasteiger partial charge in [0.05, 0.1) is 18.3 Å². The fourth-order valence-corrected chi connectivity index (χ4v) is 4.88. The van der Waals surface area contributed by atoms with E-state index in [-0.39, 0.29) is 12.1 Å². The summed E-state index contributed by atoms with van der Waals surface area (Å²) in [6.07, 6.45) is 2.04. The van der Waals surface area contributed by atoms with E-state index in [1.165, 1.54) is 0 Å². The lowest BCUT2D eigenvalue weighted by atomic mass is 10.0. The summed E-state index contributed by atoms with van der Waals surface area (Å²) in [5.74, 6) is 1.31. The Morgan fingerprint density at radius 1 is 0.912 bits per heavy atom. The zero-order chi connectivity index (χ0) is 23.1. The smallest absolute Gasteiger partial charge is 0.322 e. The van der Waals surface area contributed by atoms with Gasteiger partial charge in [-0.15, -0.1) is 0 Å². The van der Waals surface area contributed by atoms with Crippen molar-refractivity contribution >= 4 is 23.3 Å². The first-order chi connectivity index (χ1) is 16.7. The molecule has 3 heterocycles. The van der Waals surface area contributed by atoms with Crippen LogP contribution in [0.5, 0.6) is 11.5 Å². The number of hydrogen-bond donors (Lipinski definition) is 1. The zero-order valence-corrected chi connectivity index (χ0v) is 19.0. The number of para-hydroxylation sites is 1. The van der Waals surface area contributed by atoms with Crippen LogP contribution in [-0.2, 0) is 6.54 Å². The summed E-state index contributed by atoms with van der Waals surface area (Å²) in [4.78, 5) is 15.6. The number of carbonyl (C=O) groups is 1. The Kier molecular flexibility index (Phi) is 5.15. The quantitative estimate of drug-likeness (QED) is 0.388. The van der Waals surface area contributed by atoms with E-state index >= 15 is 0 Å². The van der Waals surface area contributed by atoms with Crippen LogP contribution in [0.15, 0.2) is 85.1 Å². The molecule has 6 nitrogen and oxygen atoms in total. The monoisotopic (exact) mass is 471 g/mol. The van der Waals surface area contributed by atoms with Gasteiger partial charge in [0.15, 0.2) is 11.5 Å². The minimum atomic E-state index is -0.335. The van der Waals surface area contributed by atoms with Crippen LogP contribution in [-0.4, -0.2) is 28.7 Å². The van der Waals surface area contributed by atoms with Crippen LogP contribution in [0.4, 0.5) is 10.5 Å². The number of hydrogen-bond acceptors (Lipinski definition) is 3. The highest BCUT2D eigenvalue weighted by Gasteiger charge is 2.33. The standard InChI is InChI=1S/C27H22ClN3O3/c28-20-7-3-6-18(15-20)26-23-9-4-12-30(23)22-8-2-1-5-19(22)17-31(26)27(32)29-21-10-11-24-25(16-21)34-14-13-33-24/h1-12,15-16,26H,13-14,17H2,(H,29,32)/t26-/m1/s1. The molecular formula is C27H22ClN3O3. The Hall–Kier alpha value is -3.90. The van der Waals surface area contributed by atoms with Gasteiger partial charge in [0.25, 0.3) is 0 Å². The van der Waals surface area contributed by atoms with E-state index in [1.807, 2.05) is 65.7 Å². The van der Waals surface area contributed by atoms with E-state index in [0.29, 0.717) is 42.0 Å². The average molecular weight is 472 g/mol. The molecule has 2 aliphatic heterocycles. The summed E-state index contributed by atoms with van der Waals surface area (Å²) in [5.41, 5.74) is 4.69. The minimum absolute atomic E-state index is 0.217. The average Bonchev–Trinajstić information content (AvgIpc) is 3.28. The Morgan fingerprint density at radius 3 is 2.65 bits per heavy atom. The molecule has 34 heavy (non-hydrogen) atoms. The molecule has 7 heteroatoms. The number of fused-ring (bicyclic) bond motifs is 4. The second kappa shape index (κ2) is 8.47. The molecule has 170 valence electrons. The van der Waals surface area contributed by atoms with Crippen LogP contribution in [0.25, 0.3) is 5.69 Å². The number of nitrogens with zero attached hydrogens (tertiary/aromatic N) is 2. The summed E-state index contributed by atoms with van der Waals surface area (Å²) in [7, 11) is 0. The largest absolute Gasteiger partial charge is 0.486 e. The van der Waals surface area contributed by atoms with Crippen LogP contribution in [0.3, 0.4) is 0 Å². The maximum absolute atomic E-state index is 13.8. The third kappa shape index (κ3) is 3.66. The maximum atomic E-state index is 13.8. The van der Waals surface area contributed by atoms with Gasteiger partial charge in [0.2, 0.25) is 0 Å². The van der Waals surface area contributed by atoms with Crippen LogP contribution < -0.4 is 14.8 Å². The molecule has 2 aliphatic rings. The number of carbonyl (C=O) groups excluding carboxylic acids is 1. The third-order valence-electron chi connectivity index (χ3n) is 6.18. The van der Waals surface area contributed by atoms with Gasteiger partial charge in [0, 0.05) is 28.7 Å². The van der Waals surface area contributed by atoms with Gasteiger partial charge in [-0.25, -0.2) is 4.79 Å². The van der Waals surface area contributed by atoms with Crippen molar-refractivity contribution in [1.29, 1.82) is 0 Å². The lowest BCUT2D eigenvalue weighted by molar-refractivity contribution is 0.171. The number of halogens is 1. The van der Waals surface area contributed by atoms with Crippen molar-refractivity contribution in [3.63, 3.8) is 0 Å². The number of nitrogens with one attached hydrogen (secondary N) is 1. The van der Waals surface area contributed by atoms with Crippen molar-refractivity contribution in [1.82, 2.24) is 9.47 Å². The molecule has 3 aromatic carbocycles. The van der Waals surface area contributed by atoms with Crippen LogP contribution in [0.2, 0.25) is 5.02 Å². The lowest BCUT2D eigenvalue weighted by Gasteiger charge is -2.31. The van der Waals surface area contributed by atoms with Gasteiger partial charge in [-0.3, -0.25) is 0 Å². The highest BCUT2D eigenvalue weighted by molar-refractivity contribution is 6.30. The molecule has 0 bridgehead atoms. The first-order valence-electron chi connectivity index (χ1n) is 11.2. The topological polar surface area (TPSA) is 55.7 Å². The number of benzene rings is 3. The number of aromatic nitrogens is 1. The summed E-state index contributed by atoms with van der Waals surface area (Å²) in [5, 5.41) is 3.70. The second-order valence-electron chi connectivity index (χ2n) is 8.31. The van der Waals surface area contributed by atoms with Gasteiger partial charge >= 0.3 is 6.03 Å². The molecule has 0 spiro atoms. The molecule has 0 aliphatic carbocycles. The first-order valence-corrected chi connectivity index (χ1v) is 11.5. The Balaban J connectivity index is 1.43. The lowest BCUT2D eigenvalue weighted by Crippen LogP contribution is -2.38. The number of amides is 2. The molecule has 4 aromatic rings. The Bertz CT molecular complexity index is 1380. The fraction of sp³-hybridized carbons (Fsp3) is 0.148. The number of anilines is 1. The predicted molar refractivity (Wildman–Crippen MR) is 131 cm³/mol. The van der Waals surface area contributed by atoms with Gasteiger partial charge in [-0.1, -0.05) is 41.9 Å². The minimum Gasteiger partial charge on any atom is -0.486 e. The fourth-order valence-electron chi connectivity index (χ4n) is 4.68. The first kappa shape index (κ1) is 20.7. The molecule has 1 aromatic heterocycles. The molecule has 0 radical (unpaired) electrons. The molecule has 6 rings (SSSR count). The van der Waals surface area contributed by atoms with Crippen molar-refractivity contribution in [3.8, 4) is 17.2 Å². The Morgan fingerprint density at radius 2 is 1.76 bits per heavy atom.